The number of ether oxygens (including phenoxy) is 12. The first-order chi connectivity index (χ1) is 44.5. The van der Waals surface area contributed by atoms with Crippen molar-refractivity contribution in [1.29, 1.82) is 0 Å². The predicted molar refractivity (Wildman–Crippen MR) is 316 cm³/mol. The Morgan fingerprint density at radius 1 is 0.505 bits per heavy atom. The number of allylic oxidation sites excluding steroid dienone is 2. The van der Waals surface area contributed by atoms with E-state index in [4.69, 9.17) is 56.8 Å². The Morgan fingerprint density at radius 3 is 1.64 bits per heavy atom. The molecule has 11 rings (SSSR count). The lowest BCUT2D eigenvalue weighted by Crippen LogP contribution is -2.68. The Bertz CT molecular complexity index is 2670. The highest BCUT2D eigenvalue weighted by Crippen LogP contribution is 2.75. The predicted octanol–water partition coefficient (Wildman–Crippen LogP) is -4.97. The molecular weight excluding hydrogens is 1260 g/mol. The van der Waals surface area contributed by atoms with Crippen molar-refractivity contribution in [2.45, 2.75) is 309 Å². The molecule has 0 amide bonds. The summed E-state index contributed by atoms with van der Waals surface area (Å²) in [6.07, 6.45) is -41.0. The molecule has 0 spiro atoms. The normalized spacial score (nSPS) is 55.6. The molecule has 10 fully saturated rings. The molecule has 31 heteroatoms. The molecule has 38 unspecified atom stereocenters. The van der Waals surface area contributed by atoms with Gasteiger partial charge in [0.15, 0.2) is 31.5 Å². The molecule has 38 atom stereocenters. The Morgan fingerprint density at radius 2 is 1.03 bits per heavy atom. The van der Waals surface area contributed by atoms with Crippen molar-refractivity contribution in [3.8, 4) is 0 Å². The third kappa shape index (κ3) is 12.8. The molecule has 0 bridgehead atoms. The standard InChI is InChI=1S/C64H104O31/c1-24-35(67)40(72)45(77)53(86-24)93-50-29(21-66)89-52(49(81)44(50)76)84-22-30-38(70)43(75)48(80)56(90-30)95-58(82)64-17-15-59(3,4)19-27(64)26-9-10-32-60(5)13-12-34(63(8,83)33(60)11-14-62(32,7)61(26,6)16-18-64)92-57-51(94-54-46(78)41(73)36(68)25(2)87-54)39(71)31(23-85-57)91-55-47(79)42(74)37(69)28(20-65)88-55/h9,24-25,27-57,65-81,83H,10-23H2,1-8H3. The van der Waals surface area contributed by atoms with Gasteiger partial charge in [0.05, 0.1) is 55.8 Å². The van der Waals surface area contributed by atoms with Crippen LogP contribution in [0.5, 0.6) is 0 Å². The number of carbonyl (C=O) groups is 1. The molecule has 18 N–H and O–H groups in total. The molecule has 6 saturated heterocycles. The summed E-state index contributed by atoms with van der Waals surface area (Å²) in [5.74, 6) is -1.38. The zero-order valence-corrected chi connectivity index (χ0v) is 54.9. The lowest BCUT2D eigenvalue weighted by atomic mass is 9.34. The van der Waals surface area contributed by atoms with Crippen LogP contribution in [0.15, 0.2) is 11.6 Å². The smallest absolute Gasteiger partial charge is 0.315 e. The van der Waals surface area contributed by atoms with Crippen molar-refractivity contribution in [3.05, 3.63) is 11.6 Å². The van der Waals surface area contributed by atoms with E-state index in [1.807, 2.05) is 0 Å². The molecule has 95 heavy (non-hydrogen) atoms. The van der Waals surface area contributed by atoms with Crippen molar-refractivity contribution in [3.63, 3.8) is 0 Å². The van der Waals surface area contributed by atoms with E-state index in [1.165, 1.54) is 13.8 Å². The Kier molecular flexibility index (Phi) is 21.6. The third-order valence-electron chi connectivity index (χ3n) is 24.8. The first-order valence-electron chi connectivity index (χ1n) is 33.7. The Labute approximate surface area is 550 Å². The van der Waals surface area contributed by atoms with Gasteiger partial charge < -0.3 is 149 Å². The van der Waals surface area contributed by atoms with Gasteiger partial charge in [0.1, 0.15) is 128 Å². The van der Waals surface area contributed by atoms with Crippen LogP contribution in [0.4, 0.5) is 0 Å². The minimum absolute atomic E-state index is 0.00528. The van der Waals surface area contributed by atoms with Crippen LogP contribution in [0.1, 0.15) is 120 Å². The summed E-state index contributed by atoms with van der Waals surface area (Å²) >= 11 is 0. The number of aliphatic hydroxyl groups excluding tert-OH is 17. The maximum absolute atomic E-state index is 15.3. The summed E-state index contributed by atoms with van der Waals surface area (Å²) in [4.78, 5) is 15.3. The number of carbonyl (C=O) groups excluding carboxylic acids is 1. The summed E-state index contributed by atoms with van der Waals surface area (Å²) in [6.45, 7) is 13.0. The van der Waals surface area contributed by atoms with Gasteiger partial charge in [0.2, 0.25) is 6.29 Å². The number of hydrogen-bond acceptors (Lipinski definition) is 31. The molecule has 6 heterocycles. The van der Waals surface area contributed by atoms with Gasteiger partial charge >= 0.3 is 5.97 Å². The van der Waals surface area contributed by atoms with Crippen molar-refractivity contribution in [1.82, 2.24) is 0 Å². The minimum atomic E-state index is -1.93. The zero-order chi connectivity index (χ0) is 69.3. The van der Waals surface area contributed by atoms with E-state index in [0.29, 0.717) is 64.2 Å². The maximum atomic E-state index is 15.3. The van der Waals surface area contributed by atoms with Crippen LogP contribution in [0.25, 0.3) is 0 Å². The van der Waals surface area contributed by atoms with E-state index in [9.17, 15) is 91.9 Å². The van der Waals surface area contributed by atoms with Crippen molar-refractivity contribution in [2.24, 2.45) is 44.8 Å². The quantitative estimate of drug-likeness (QED) is 0.0415. The molecule has 0 radical (unpaired) electrons. The second kappa shape index (κ2) is 27.7. The fourth-order valence-electron chi connectivity index (χ4n) is 18.6. The molecule has 31 nitrogen and oxygen atoms in total. The molecular formula is C64H104O31. The Balaban J connectivity index is 0.779. The van der Waals surface area contributed by atoms with E-state index in [1.54, 1.807) is 6.92 Å². The van der Waals surface area contributed by atoms with Gasteiger partial charge in [-0.05, 0) is 124 Å². The number of fused-ring (bicyclic) bond motifs is 7. The second-order valence-electron chi connectivity index (χ2n) is 30.8. The van der Waals surface area contributed by atoms with E-state index in [-0.39, 0.29) is 23.2 Å². The van der Waals surface area contributed by atoms with Gasteiger partial charge in [-0.15, -0.1) is 0 Å². The molecule has 6 aliphatic heterocycles. The van der Waals surface area contributed by atoms with Crippen LogP contribution in [0, 0.1) is 44.8 Å². The van der Waals surface area contributed by atoms with Crippen LogP contribution >= 0.6 is 0 Å². The molecule has 0 aromatic rings. The summed E-state index contributed by atoms with van der Waals surface area (Å²) in [6, 6.07) is 0. The first-order valence-corrected chi connectivity index (χ1v) is 33.7. The largest absolute Gasteiger partial charge is 0.432 e. The highest BCUT2D eigenvalue weighted by Gasteiger charge is 2.71. The van der Waals surface area contributed by atoms with Crippen LogP contribution in [0.3, 0.4) is 0 Å². The average molecular weight is 1370 g/mol. The SMILES string of the molecule is CC1OC(OC2C(CO)OC(OCC3OC(OC(=O)C45CCC(C)(C)CC4C4=CCC6C7(C)CCC(OC8OCC(OC9OC(CO)C(O)C(O)C9O)C(O)C8OC8OC(C)C(O)C(O)C8O)C(C)(O)C7CCC6(C)C4(C)CC5)C(O)C(O)C3O)C(O)C2O)C(O)C(O)C1O. The second-order valence-corrected chi connectivity index (χ2v) is 30.8. The molecule has 0 aromatic heterocycles. The van der Waals surface area contributed by atoms with Crippen molar-refractivity contribution < 1.29 is 154 Å². The van der Waals surface area contributed by atoms with E-state index in [0.717, 1.165) is 5.57 Å². The van der Waals surface area contributed by atoms with E-state index >= 15 is 4.79 Å². The molecule has 4 saturated carbocycles. The van der Waals surface area contributed by atoms with Gasteiger partial charge in [-0.2, -0.15) is 0 Å². The summed E-state index contributed by atoms with van der Waals surface area (Å²) in [5, 5.41) is 197. The van der Waals surface area contributed by atoms with E-state index in [2.05, 4.69) is 40.7 Å². The molecule has 11 aliphatic rings. The molecule has 5 aliphatic carbocycles. The minimum Gasteiger partial charge on any atom is -0.432 e. The summed E-state index contributed by atoms with van der Waals surface area (Å²) in [5.41, 5.74) is -3.16. The lowest BCUT2D eigenvalue weighted by Gasteiger charge is -2.71. The van der Waals surface area contributed by atoms with Crippen molar-refractivity contribution >= 4 is 5.97 Å². The highest BCUT2D eigenvalue weighted by atomic mass is 16.8. The molecule has 546 valence electrons. The Hall–Kier alpha value is -1.95. The summed E-state index contributed by atoms with van der Waals surface area (Å²) in [7, 11) is 0. The number of hydrogen-bond donors (Lipinski definition) is 18. The summed E-state index contributed by atoms with van der Waals surface area (Å²) < 4.78 is 71.4. The number of esters is 1. The van der Waals surface area contributed by atoms with E-state index < -0.39 is 244 Å². The van der Waals surface area contributed by atoms with Crippen LogP contribution in [0.2, 0.25) is 0 Å². The highest BCUT2D eigenvalue weighted by molar-refractivity contribution is 5.79. The number of aliphatic hydroxyl groups is 18. The first kappa shape index (κ1) is 74.2. The van der Waals surface area contributed by atoms with Gasteiger partial charge in [0, 0.05) is 0 Å². The maximum Gasteiger partial charge on any atom is 0.315 e. The molecule has 0 aromatic carbocycles. The van der Waals surface area contributed by atoms with Gasteiger partial charge in [0.25, 0.3) is 0 Å². The van der Waals surface area contributed by atoms with Crippen LogP contribution in [-0.4, -0.2) is 314 Å². The monoisotopic (exact) mass is 1370 g/mol. The lowest BCUT2D eigenvalue weighted by molar-refractivity contribution is -0.382. The van der Waals surface area contributed by atoms with Crippen LogP contribution in [-0.2, 0) is 61.6 Å². The fourth-order valence-corrected chi connectivity index (χ4v) is 18.6. The fraction of sp³-hybridized carbons (Fsp3) is 0.953. The zero-order valence-electron chi connectivity index (χ0n) is 54.9. The number of rotatable bonds is 15. The van der Waals surface area contributed by atoms with Crippen molar-refractivity contribution in [2.75, 3.05) is 26.4 Å². The average Bonchev–Trinajstić information content (AvgIpc) is 0.676. The van der Waals surface area contributed by atoms with Gasteiger partial charge in [-0.3, -0.25) is 4.79 Å². The topological polar surface area (TPSA) is 492 Å². The third-order valence-corrected chi connectivity index (χ3v) is 24.8. The van der Waals surface area contributed by atoms with Gasteiger partial charge in [-0.1, -0.05) is 46.3 Å². The van der Waals surface area contributed by atoms with Gasteiger partial charge in [-0.25, -0.2) is 0 Å². The van der Waals surface area contributed by atoms with Crippen LogP contribution < -0.4 is 0 Å².